The number of hydrogen-bond donors (Lipinski definition) is 1. The maximum Gasteiger partial charge on any atom is 0.264 e. The lowest BCUT2D eigenvalue weighted by Crippen LogP contribution is -2.42. The topological polar surface area (TPSA) is 70.1 Å². The summed E-state index contributed by atoms with van der Waals surface area (Å²) in [7, 11) is -2.46. The van der Waals surface area contributed by atoms with Crippen LogP contribution in [0.15, 0.2) is 120 Å². The van der Waals surface area contributed by atoms with E-state index in [9.17, 15) is 13.5 Å². The molecular weight excluding hydrogens is 520 g/mol. The Hall–Kier alpha value is -3.36. The van der Waals surface area contributed by atoms with Gasteiger partial charge in [0.1, 0.15) is 5.75 Å². The molecule has 0 bridgehead atoms. The van der Waals surface area contributed by atoms with E-state index in [0.29, 0.717) is 24.5 Å². The zero-order valence-corrected chi connectivity index (χ0v) is 22.9. The molecule has 4 aromatic rings. The molecular formula is C30H33ClN2O4S. The van der Waals surface area contributed by atoms with Gasteiger partial charge in [-0.25, -0.2) is 8.42 Å². The van der Waals surface area contributed by atoms with Crippen molar-refractivity contribution in [1.29, 1.82) is 0 Å². The van der Waals surface area contributed by atoms with Crippen molar-refractivity contribution in [3.8, 4) is 5.75 Å². The van der Waals surface area contributed by atoms with E-state index in [0.717, 1.165) is 11.1 Å². The largest absolute Gasteiger partial charge is 0.495 e. The minimum absolute atomic E-state index is 0. The van der Waals surface area contributed by atoms with Gasteiger partial charge < -0.3 is 9.84 Å². The molecule has 0 fully saturated rings. The van der Waals surface area contributed by atoms with Crippen molar-refractivity contribution < 1.29 is 18.3 Å². The molecule has 4 aromatic carbocycles. The molecule has 1 atom stereocenters. The summed E-state index contributed by atoms with van der Waals surface area (Å²) in [5.41, 5.74) is 2.61. The zero-order chi connectivity index (χ0) is 26.1. The van der Waals surface area contributed by atoms with Gasteiger partial charge in [0, 0.05) is 19.6 Å². The molecule has 0 heterocycles. The lowest BCUT2D eigenvalue weighted by molar-refractivity contribution is 0.111. The summed E-state index contributed by atoms with van der Waals surface area (Å²) in [5, 5.41) is 11.3. The highest BCUT2D eigenvalue weighted by Gasteiger charge is 2.29. The number of nitrogens with zero attached hydrogens (tertiary/aromatic N) is 2. The van der Waals surface area contributed by atoms with Crippen molar-refractivity contribution in [1.82, 2.24) is 4.90 Å². The monoisotopic (exact) mass is 552 g/mol. The lowest BCUT2D eigenvalue weighted by Gasteiger charge is -2.31. The molecule has 4 rings (SSSR count). The molecule has 0 aliphatic carbocycles. The summed E-state index contributed by atoms with van der Waals surface area (Å²) in [6.45, 7) is 1.39. The van der Waals surface area contributed by atoms with Crippen LogP contribution in [0.2, 0.25) is 0 Å². The number of ether oxygens (including phenoxy) is 1. The molecule has 38 heavy (non-hydrogen) atoms. The number of sulfonamides is 1. The van der Waals surface area contributed by atoms with E-state index in [1.807, 2.05) is 60.7 Å². The number of halogens is 1. The van der Waals surface area contributed by atoms with Gasteiger partial charge in [0.2, 0.25) is 0 Å². The average Bonchev–Trinajstić information content (AvgIpc) is 2.93. The van der Waals surface area contributed by atoms with Crippen molar-refractivity contribution in [2.75, 3.05) is 24.5 Å². The smallest absolute Gasteiger partial charge is 0.264 e. The minimum atomic E-state index is -3.96. The molecule has 0 saturated heterocycles. The van der Waals surface area contributed by atoms with E-state index in [1.165, 1.54) is 11.4 Å². The molecule has 0 aliphatic heterocycles. The second-order valence-corrected chi connectivity index (χ2v) is 10.7. The van der Waals surface area contributed by atoms with Gasteiger partial charge in [0.15, 0.2) is 0 Å². The fraction of sp³-hybridized carbons (Fsp3) is 0.200. The molecule has 0 spiro atoms. The van der Waals surface area contributed by atoms with Crippen LogP contribution in [0, 0.1) is 0 Å². The summed E-state index contributed by atoms with van der Waals surface area (Å²) in [6, 6.07) is 35.3. The fourth-order valence-corrected chi connectivity index (χ4v) is 5.83. The van der Waals surface area contributed by atoms with E-state index in [1.54, 1.807) is 54.6 Å². The van der Waals surface area contributed by atoms with Crippen LogP contribution >= 0.6 is 12.4 Å². The molecule has 0 aliphatic rings. The molecule has 200 valence electrons. The standard InChI is InChI=1S/C30H32N2O4S.ClH/c1-36-30-20-12-11-19-29(30)32(37(34,35)28-17-9-4-10-18-28)24-27(33)23-31(21-25-13-5-2-6-14-25)22-26-15-7-3-8-16-26;/h2-20,27,33H,21-24H2,1H3;1H. The first-order valence-electron chi connectivity index (χ1n) is 12.2. The van der Waals surface area contributed by atoms with Gasteiger partial charge in [-0.05, 0) is 35.4 Å². The fourth-order valence-electron chi connectivity index (χ4n) is 4.30. The first-order valence-corrected chi connectivity index (χ1v) is 13.6. The Morgan fingerprint density at radius 1 is 0.711 bits per heavy atom. The zero-order valence-electron chi connectivity index (χ0n) is 21.3. The number of rotatable bonds is 12. The maximum absolute atomic E-state index is 13.7. The number of methoxy groups -OCH3 is 1. The van der Waals surface area contributed by atoms with Crippen LogP contribution in [0.25, 0.3) is 0 Å². The Labute approximate surface area is 231 Å². The Morgan fingerprint density at radius 2 is 1.18 bits per heavy atom. The molecule has 6 nitrogen and oxygen atoms in total. The lowest BCUT2D eigenvalue weighted by atomic mass is 10.1. The van der Waals surface area contributed by atoms with Crippen LogP contribution in [0.3, 0.4) is 0 Å². The van der Waals surface area contributed by atoms with Crippen molar-refractivity contribution in [3.05, 3.63) is 126 Å². The molecule has 1 unspecified atom stereocenters. The highest BCUT2D eigenvalue weighted by molar-refractivity contribution is 7.92. The summed E-state index contributed by atoms with van der Waals surface area (Å²) in [6.07, 6.45) is -0.962. The van der Waals surface area contributed by atoms with Crippen LogP contribution < -0.4 is 9.04 Å². The first kappa shape index (κ1) is 29.2. The normalized spacial score (nSPS) is 12.0. The van der Waals surface area contributed by atoms with E-state index in [4.69, 9.17) is 4.74 Å². The van der Waals surface area contributed by atoms with Crippen LogP contribution in [0.5, 0.6) is 5.75 Å². The number of anilines is 1. The second-order valence-electron chi connectivity index (χ2n) is 8.82. The summed E-state index contributed by atoms with van der Waals surface area (Å²) < 4.78 is 34.2. The van der Waals surface area contributed by atoms with Gasteiger partial charge in [0.25, 0.3) is 10.0 Å². The predicted molar refractivity (Wildman–Crippen MR) is 154 cm³/mol. The van der Waals surface area contributed by atoms with Crippen molar-refractivity contribution in [3.63, 3.8) is 0 Å². The number of aliphatic hydroxyl groups is 1. The van der Waals surface area contributed by atoms with Crippen LogP contribution in [-0.2, 0) is 23.1 Å². The molecule has 0 radical (unpaired) electrons. The van der Waals surface area contributed by atoms with Gasteiger partial charge in [-0.2, -0.15) is 0 Å². The van der Waals surface area contributed by atoms with Gasteiger partial charge in [0.05, 0.1) is 30.3 Å². The van der Waals surface area contributed by atoms with Crippen LogP contribution in [-0.4, -0.2) is 44.7 Å². The molecule has 0 saturated carbocycles. The van der Waals surface area contributed by atoms with Crippen LogP contribution in [0.1, 0.15) is 11.1 Å². The Balaban J connectivity index is 0.00000400. The van der Waals surface area contributed by atoms with E-state index < -0.39 is 16.1 Å². The third-order valence-electron chi connectivity index (χ3n) is 6.03. The Kier molecular flexibility index (Phi) is 10.7. The highest BCUT2D eigenvalue weighted by Crippen LogP contribution is 2.32. The third-order valence-corrected chi connectivity index (χ3v) is 7.82. The predicted octanol–water partition coefficient (Wildman–Crippen LogP) is 5.38. The first-order chi connectivity index (χ1) is 18.0. The van der Waals surface area contributed by atoms with Gasteiger partial charge in [-0.3, -0.25) is 9.21 Å². The summed E-state index contributed by atoms with van der Waals surface area (Å²) in [5.74, 6) is 0.416. The Morgan fingerprint density at radius 3 is 1.71 bits per heavy atom. The maximum atomic E-state index is 13.7. The Bertz CT molecular complexity index is 1320. The van der Waals surface area contributed by atoms with E-state index in [-0.39, 0.29) is 30.4 Å². The molecule has 0 aromatic heterocycles. The molecule has 1 N–H and O–H groups in total. The number of aliphatic hydroxyl groups excluding tert-OH is 1. The number of hydrogen-bond acceptors (Lipinski definition) is 5. The van der Waals surface area contributed by atoms with Gasteiger partial charge in [-0.1, -0.05) is 91.0 Å². The third kappa shape index (κ3) is 7.58. The van der Waals surface area contributed by atoms with Crippen molar-refractivity contribution in [2.24, 2.45) is 0 Å². The average molecular weight is 553 g/mol. The highest BCUT2D eigenvalue weighted by atomic mass is 35.5. The summed E-state index contributed by atoms with van der Waals surface area (Å²) in [4.78, 5) is 2.28. The number of benzene rings is 4. The molecule has 0 amide bonds. The van der Waals surface area contributed by atoms with E-state index in [2.05, 4.69) is 4.90 Å². The van der Waals surface area contributed by atoms with Gasteiger partial charge in [-0.15, -0.1) is 12.4 Å². The molecule has 8 heteroatoms. The summed E-state index contributed by atoms with van der Waals surface area (Å²) >= 11 is 0. The van der Waals surface area contributed by atoms with E-state index >= 15 is 0 Å². The van der Waals surface area contributed by atoms with Crippen molar-refractivity contribution >= 4 is 28.1 Å². The quantitative estimate of drug-likeness (QED) is 0.256. The van der Waals surface area contributed by atoms with Crippen LogP contribution in [0.4, 0.5) is 5.69 Å². The minimum Gasteiger partial charge on any atom is -0.495 e. The van der Waals surface area contributed by atoms with Gasteiger partial charge >= 0.3 is 0 Å². The van der Waals surface area contributed by atoms with Crippen molar-refractivity contribution in [2.45, 2.75) is 24.1 Å². The SMILES string of the molecule is COc1ccccc1N(CC(O)CN(Cc1ccccc1)Cc1ccccc1)S(=O)(=O)c1ccccc1.Cl. The number of para-hydroxylation sites is 2. The second kappa shape index (κ2) is 14.0.